The molecule has 0 aromatic carbocycles. The van der Waals surface area contributed by atoms with Gasteiger partial charge in [0.15, 0.2) is 0 Å². The van der Waals surface area contributed by atoms with E-state index in [1.165, 1.54) is 57.8 Å². The molecule has 0 atom stereocenters. The number of carboxylic acid groups (broad SMARTS) is 3. The fourth-order valence-electron chi connectivity index (χ4n) is 6.04. The van der Waals surface area contributed by atoms with Crippen LogP contribution in [-0.4, -0.2) is 66.5 Å². The molecule has 43 heavy (non-hydrogen) atoms. The molecule has 3 heterocycles. The lowest BCUT2D eigenvalue weighted by atomic mass is 9.83. The highest BCUT2D eigenvalue weighted by Crippen LogP contribution is 2.29. The Bertz CT molecular complexity index is 647. The Labute approximate surface area is 264 Å². The minimum absolute atomic E-state index is 0. The number of nitrogens with one attached hydrogen (secondary N) is 3. The van der Waals surface area contributed by atoms with Gasteiger partial charge in [-0.15, -0.1) is 0 Å². The van der Waals surface area contributed by atoms with E-state index in [-0.39, 0.29) is 6.15 Å². The van der Waals surface area contributed by atoms with Crippen molar-refractivity contribution in [2.75, 3.05) is 0 Å². The molecule has 0 unspecified atom stereocenters. The van der Waals surface area contributed by atoms with E-state index in [2.05, 4.69) is 99.0 Å². The Morgan fingerprint density at radius 1 is 0.395 bits per heavy atom. The maximum absolute atomic E-state index is 9.00. The number of rotatable bonds is 0. The molecule has 0 bridgehead atoms. The van der Waals surface area contributed by atoms with Gasteiger partial charge in [0.05, 0.1) is 0 Å². The van der Waals surface area contributed by atoms with Gasteiger partial charge in [-0.1, -0.05) is 0 Å². The molecule has 0 spiro atoms. The van der Waals surface area contributed by atoms with Crippen molar-refractivity contribution in [1.82, 2.24) is 22.1 Å². The van der Waals surface area contributed by atoms with Crippen LogP contribution in [0.15, 0.2) is 0 Å². The van der Waals surface area contributed by atoms with E-state index < -0.39 is 17.9 Å². The summed E-state index contributed by atoms with van der Waals surface area (Å²) in [6.45, 7) is 30.7. The van der Waals surface area contributed by atoms with Crippen LogP contribution < -0.4 is 22.1 Å². The van der Waals surface area contributed by atoms with E-state index >= 15 is 0 Å². The third-order valence-electron chi connectivity index (χ3n) is 6.84. The first-order valence-electron chi connectivity index (χ1n) is 15.4. The average Bonchev–Trinajstić information content (AvgIpc) is 2.61. The van der Waals surface area contributed by atoms with Crippen molar-refractivity contribution in [1.29, 1.82) is 0 Å². The lowest BCUT2D eigenvalue weighted by Crippen LogP contribution is -2.55. The van der Waals surface area contributed by atoms with Crippen LogP contribution >= 0.6 is 0 Å². The minimum atomic E-state index is -0.833. The van der Waals surface area contributed by atoms with Gasteiger partial charge in [0.1, 0.15) is 0 Å². The molecule has 3 aliphatic heterocycles. The second-order valence-electron chi connectivity index (χ2n) is 15.8. The highest BCUT2D eigenvalue weighted by atomic mass is 16.4. The molecule has 0 aromatic rings. The molecule has 3 fully saturated rings. The van der Waals surface area contributed by atoms with Gasteiger partial charge < -0.3 is 37.4 Å². The van der Waals surface area contributed by atoms with Crippen LogP contribution in [0.1, 0.15) is 162 Å². The number of hydrogen-bond acceptors (Lipinski definition) is 7. The Balaban J connectivity index is -0.000000222. The average molecular weight is 621 g/mol. The predicted molar refractivity (Wildman–Crippen MR) is 180 cm³/mol. The van der Waals surface area contributed by atoms with E-state index in [1.807, 2.05) is 0 Å². The normalized spacial score (nSPS) is 22.7. The SMILES string of the molecule is CC(=O)O.CC(=O)O.CC(=O)O.CC1(C)CCCC(C)(C)N1.CC1(C)CCCC(C)(C)N1.CC1(C)CCCC(C)(C)N1.N. The van der Waals surface area contributed by atoms with Crippen molar-refractivity contribution >= 4 is 17.9 Å². The zero-order valence-electron chi connectivity index (χ0n) is 30.6. The van der Waals surface area contributed by atoms with Crippen LogP contribution in [0.3, 0.4) is 0 Å². The van der Waals surface area contributed by atoms with Gasteiger partial charge in [-0.3, -0.25) is 14.4 Å². The maximum atomic E-state index is 9.00. The standard InChI is InChI=1S/3C9H19N.3C2H4O2.H3N/c3*1-8(2)6-5-7-9(3,4)10-8;3*1-2(3)4;/h3*10H,5-7H2,1-4H3;3*1H3,(H,3,4);1H3. The maximum Gasteiger partial charge on any atom is 0.300 e. The molecular formula is C33H72N4O6. The zero-order chi connectivity index (χ0) is 34.2. The molecule has 0 saturated carbocycles. The number of carboxylic acids is 3. The largest absolute Gasteiger partial charge is 0.481 e. The summed E-state index contributed by atoms with van der Waals surface area (Å²) in [6, 6.07) is 0. The van der Waals surface area contributed by atoms with Crippen molar-refractivity contribution in [3.8, 4) is 0 Å². The Kier molecular flexibility index (Phi) is 22.8. The Morgan fingerprint density at radius 3 is 0.535 bits per heavy atom. The summed E-state index contributed by atoms with van der Waals surface area (Å²) in [5.41, 5.74) is 2.18. The summed E-state index contributed by atoms with van der Waals surface area (Å²) in [6.07, 6.45) is 12.0. The van der Waals surface area contributed by atoms with E-state index in [0.29, 0.717) is 33.2 Å². The monoisotopic (exact) mass is 621 g/mol. The van der Waals surface area contributed by atoms with Crippen LogP contribution in [0.4, 0.5) is 0 Å². The number of carbonyl (C=O) groups is 3. The molecular weight excluding hydrogens is 548 g/mol. The highest BCUT2D eigenvalue weighted by Gasteiger charge is 2.33. The molecule has 0 aliphatic carbocycles. The lowest BCUT2D eigenvalue weighted by molar-refractivity contribution is -0.135. The van der Waals surface area contributed by atoms with E-state index in [4.69, 9.17) is 29.7 Å². The van der Waals surface area contributed by atoms with Crippen molar-refractivity contribution in [2.24, 2.45) is 0 Å². The second-order valence-corrected chi connectivity index (χ2v) is 15.8. The summed E-state index contributed by atoms with van der Waals surface area (Å²) >= 11 is 0. The van der Waals surface area contributed by atoms with Crippen LogP contribution in [0, 0.1) is 0 Å². The Hall–Kier alpha value is -1.75. The number of hydrogen-bond donors (Lipinski definition) is 7. The fraction of sp³-hybridized carbons (Fsp3) is 0.909. The van der Waals surface area contributed by atoms with Crippen LogP contribution in [0.25, 0.3) is 0 Å². The van der Waals surface area contributed by atoms with E-state index in [9.17, 15) is 0 Å². The first kappa shape index (κ1) is 48.2. The van der Waals surface area contributed by atoms with Crippen molar-refractivity contribution < 1.29 is 29.7 Å². The molecule has 10 heteroatoms. The number of aliphatic carboxylic acids is 3. The van der Waals surface area contributed by atoms with Crippen molar-refractivity contribution in [2.45, 2.75) is 195 Å². The Morgan fingerprint density at radius 2 is 0.488 bits per heavy atom. The van der Waals surface area contributed by atoms with Gasteiger partial charge in [-0.2, -0.15) is 0 Å². The summed E-state index contributed by atoms with van der Waals surface area (Å²) in [5.74, 6) is -2.50. The predicted octanol–water partition coefficient (Wildman–Crippen LogP) is 7.39. The summed E-state index contributed by atoms with van der Waals surface area (Å²) in [5, 5.41) is 33.1. The summed E-state index contributed by atoms with van der Waals surface area (Å²) in [7, 11) is 0. The molecule has 9 N–H and O–H groups in total. The molecule has 260 valence electrons. The summed E-state index contributed by atoms with van der Waals surface area (Å²) in [4.78, 5) is 27.0. The van der Waals surface area contributed by atoms with Gasteiger partial charge in [0.2, 0.25) is 0 Å². The fourth-order valence-corrected chi connectivity index (χ4v) is 6.04. The molecule has 3 aliphatic rings. The first-order chi connectivity index (χ1) is 18.4. The van der Waals surface area contributed by atoms with Crippen LogP contribution in [0.5, 0.6) is 0 Å². The number of piperidine rings is 3. The van der Waals surface area contributed by atoms with Crippen LogP contribution in [-0.2, 0) is 14.4 Å². The first-order valence-corrected chi connectivity index (χ1v) is 15.4. The third kappa shape index (κ3) is 36.3. The van der Waals surface area contributed by atoms with Gasteiger partial charge in [-0.25, -0.2) is 0 Å². The highest BCUT2D eigenvalue weighted by molar-refractivity contribution is 5.63. The second kappa shape index (κ2) is 20.3. The van der Waals surface area contributed by atoms with Gasteiger partial charge in [-0.05, 0) is 141 Å². The third-order valence-corrected chi connectivity index (χ3v) is 6.84. The molecule has 0 amide bonds. The van der Waals surface area contributed by atoms with Gasteiger partial charge >= 0.3 is 0 Å². The smallest absolute Gasteiger partial charge is 0.300 e. The molecule has 3 saturated heterocycles. The van der Waals surface area contributed by atoms with Gasteiger partial charge in [0, 0.05) is 54.0 Å². The quantitative estimate of drug-likeness (QED) is 0.144. The van der Waals surface area contributed by atoms with Gasteiger partial charge in [0.25, 0.3) is 17.9 Å². The molecule has 10 nitrogen and oxygen atoms in total. The molecule has 3 rings (SSSR count). The lowest BCUT2D eigenvalue weighted by Gasteiger charge is -2.42. The topological polar surface area (TPSA) is 183 Å². The zero-order valence-corrected chi connectivity index (χ0v) is 30.6. The molecule has 0 radical (unpaired) electrons. The van der Waals surface area contributed by atoms with E-state index in [1.54, 1.807) is 0 Å². The van der Waals surface area contributed by atoms with Crippen molar-refractivity contribution in [3.63, 3.8) is 0 Å². The van der Waals surface area contributed by atoms with E-state index in [0.717, 1.165) is 20.8 Å². The van der Waals surface area contributed by atoms with Crippen LogP contribution in [0.2, 0.25) is 0 Å². The van der Waals surface area contributed by atoms with Crippen molar-refractivity contribution in [3.05, 3.63) is 0 Å². The minimum Gasteiger partial charge on any atom is -0.481 e. The summed E-state index contributed by atoms with van der Waals surface area (Å²) < 4.78 is 0. The molecule has 0 aromatic heterocycles.